The van der Waals surface area contributed by atoms with E-state index in [4.69, 9.17) is 13.7 Å². The van der Waals surface area contributed by atoms with Crippen molar-refractivity contribution < 1.29 is 18.5 Å². The van der Waals surface area contributed by atoms with Gasteiger partial charge in [-0.2, -0.15) is 0 Å². The van der Waals surface area contributed by atoms with Crippen molar-refractivity contribution >= 4 is 5.97 Å². The van der Waals surface area contributed by atoms with E-state index < -0.39 is 5.97 Å². The van der Waals surface area contributed by atoms with Crippen LogP contribution in [0.15, 0.2) is 33.4 Å². The number of carbonyl (C=O) groups is 1. The number of nitrogens with zero attached hydrogens (tertiary/aromatic N) is 1. The highest BCUT2D eigenvalue weighted by Crippen LogP contribution is 2.20. The van der Waals surface area contributed by atoms with Crippen LogP contribution in [0.3, 0.4) is 0 Å². The Labute approximate surface area is 92.0 Å². The Bertz CT molecular complexity index is 458. The fourth-order valence-electron chi connectivity index (χ4n) is 1.17. The Balaban J connectivity index is 2.11. The second kappa shape index (κ2) is 4.65. The lowest BCUT2D eigenvalue weighted by atomic mass is 10.3. The van der Waals surface area contributed by atoms with Crippen molar-refractivity contribution in [2.45, 2.75) is 13.3 Å². The lowest BCUT2D eigenvalue weighted by molar-refractivity contribution is 0.0493. The summed E-state index contributed by atoms with van der Waals surface area (Å²) in [6.45, 7) is 2.30. The van der Waals surface area contributed by atoms with Crippen molar-refractivity contribution in [3.63, 3.8) is 0 Å². The number of hydrogen-bond donors (Lipinski definition) is 0. The molecule has 0 aromatic carbocycles. The van der Waals surface area contributed by atoms with Crippen LogP contribution >= 0.6 is 0 Å². The van der Waals surface area contributed by atoms with Gasteiger partial charge in [0.1, 0.15) is 0 Å². The van der Waals surface area contributed by atoms with Gasteiger partial charge in [-0.15, -0.1) is 0 Å². The van der Waals surface area contributed by atoms with Gasteiger partial charge in [-0.05, 0) is 18.6 Å². The average Bonchev–Trinajstić information content (AvgIpc) is 2.94. The fraction of sp³-hybridized carbons (Fsp3) is 0.273. The van der Waals surface area contributed by atoms with Crippen LogP contribution in [0.25, 0.3) is 11.5 Å². The minimum absolute atomic E-state index is 0.153. The zero-order valence-electron chi connectivity index (χ0n) is 8.80. The van der Waals surface area contributed by atoms with Crippen molar-refractivity contribution in [1.29, 1.82) is 0 Å². The summed E-state index contributed by atoms with van der Waals surface area (Å²) in [7, 11) is 0. The second-order valence-corrected chi connectivity index (χ2v) is 3.19. The maximum Gasteiger partial charge on any atom is 0.360 e. The minimum atomic E-state index is -0.483. The number of hydrogen-bond acceptors (Lipinski definition) is 5. The normalized spacial score (nSPS) is 10.3. The molecule has 0 bridgehead atoms. The topological polar surface area (TPSA) is 65.5 Å². The van der Waals surface area contributed by atoms with Crippen molar-refractivity contribution in [2.24, 2.45) is 0 Å². The molecule has 2 heterocycles. The first kappa shape index (κ1) is 10.5. The van der Waals surface area contributed by atoms with Crippen LogP contribution in [-0.4, -0.2) is 17.7 Å². The Morgan fingerprint density at radius 2 is 2.38 bits per heavy atom. The predicted octanol–water partition coefficient (Wildman–Crippen LogP) is 2.50. The molecule has 16 heavy (non-hydrogen) atoms. The number of rotatable bonds is 4. The van der Waals surface area contributed by atoms with Gasteiger partial charge in [-0.1, -0.05) is 12.1 Å². The van der Waals surface area contributed by atoms with Crippen LogP contribution in [0.4, 0.5) is 0 Å². The van der Waals surface area contributed by atoms with E-state index in [-0.39, 0.29) is 5.69 Å². The van der Waals surface area contributed by atoms with Crippen LogP contribution in [0, 0.1) is 0 Å². The fourth-order valence-corrected chi connectivity index (χ4v) is 1.17. The van der Waals surface area contributed by atoms with Crippen LogP contribution in [0.1, 0.15) is 23.8 Å². The van der Waals surface area contributed by atoms with Crippen molar-refractivity contribution in [2.75, 3.05) is 6.61 Å². The smallest absolute Gasteiger partial charge is 0.360 e. The van der Waals surface area contributed by atoms with Gasteiger partial charge in [-0.3, -0.25) is 0 Å². The van der Waals surface area contributed by atoms with Crippen molar-refractivity contribution in [1.82, 2.24) is 5.16 Å². The maximum atomic E-state index is 11.4. The SMILES string of the molecule is CCCOC(=O)c1cc(-c2ccco2)on1. The van der Waals surface area contributed by atoms with Gasteiger partial charge < -0.3 is 13.7 Å². The molecule has 2 rings (SSSR count). The Kier molecular flexibility index (Phi) is 3.05. The highest BCUT2D eigenvalue weighted by atomic mass is 16.5. The van der Waals surface area contributed by atoms with Crippen molar-refractivity contribution in [3.8, 4) is 11.5 Å². The minimum Gasteiger partial charge on any atom is -0.461 e. The molecular weight excluding hydrogens is 210 g/mol. The molecule has 0 aliphatic rings. The van der Waals surface area contributed by atoms with Gasteiger partial charge in [0.05, 0.1) is 12.9 Å². The number of esters is 1. The molecule has 0 amide bonds. The van der Waals surface area contributed by atoms with Gasteiger partial charge in [0.2, 0.25) is 5.76 Å². The third-order valence-corrected chi connectivity index (χ3v) is 1.92. The lowest BCUT2D eigenvalue weighted by Crippen LogP contribution is -2.05. The van der Waals surface area contributed by atoms with E-state index in [0.29, 0.717) is 18.1 Å². The van der Waals surface area contributed by atoms with Gasteiger partial charge >= 0.3 is 5.97 Å². The Morgan fingerprint density at radius 1 is 1.50 bits per heavy atom. The molecular formula is C11H11NO4. The zero-order valence-corrected chi connectivity index (χ0v) is 8.80. The molecule has 0 saturated carbocycles. The van der Waals surface area contributed by atoms with Gasteiger partial charge in [0.15, 0.2) is 11.5 Å². The van der Waals surface area contributed by atoms with E-state index in [9.17, 15) is 4.79 Å². The molecule has 0 aliphatic heterocycles. The zero-order chi connectivity index (χ0) is 11.4. The first-order valence-electron chi connectivity index (χ1n) is 4.99. The summed E-state index contributed by atoms with van der Waals surface area (Å²) >= 11 is 0. The molecule has 5 nitrogen and oxygen atoms in total. The summed E-state index contributed by atoms with van der Waals surface area (Å²) in [4.78, 5) is 11.4. The summed E-state index contributed by atoms with van der Waals surface area (Å²) in [6.07, 6.45) is 2.29. The summed E-state index contributed by atoms with van der Waals surface area (Å²) in [5, 5.41) is 3.62. The van der Waals surface area contributed by atoms with Crippen LogP contribution in [0.5, 0.6) is 0 Å². The number of furan rings is 1. The number of aromatic nitrogens is 1. The lowest BCUT2D eigenvalue weighted by Gasteiger charge is -1.97. The first-order valence-corrected chi connectivity index (χ1v) is 4.99. The molecule has 5 heteroatoms. The third-order valence-electron chi connectivity index (χ3n) is 1.92. The molecule has 0 N–H and O–H groups in total. The Morgan fingerprint density at radius 3 is 3.06 bits per heavy atom. The predicted molar refractivity (Wildman–Crippen MR) is 54.8 cm³/mol. The molecule has 2 aromatic rings. The third kappa shape index (κ3) is 2.13. The Hall–Kier alpha value is -2.04. The monoisotopic (exact) mass is 221 g/mol. The van der Waals surface area contributed by atoms with E-state index in [1.165, 1.54) is 12.3 Å². The van der Waals surface area contributed by atoms with Gasteiger partial charge in [0.25, 0.3) is 0 Å². The molecule has 0 aliphatic carbocycles. The molecule has 84 valence electrons. The van der Waals surface area contributed by atoms with E-state index in [1.54, 1.807) is 12.1 Å². The van der Waals surface area contributed by atoms with Crippen LogP contribution < -0.4 is 0 Å². The molecule has 0 fully saturated rings. The van der Waals surface area contributed by atoms with Crippen LogP contribution in [-0.2, 0) is 4.74 Å². The molecule has 0 radical (unpaired) electrons. The van der Waals surface area contributed by atoms with E-state index in [1.807, 2.05) is 6.92 Å². The standard InChI is InChI=1S/C11H11NO4/c1-2-5-15-11(13)8-7-10(16-12-8)9-4-3-6-14-9/h3-4,6-7H,2,5H2,1H3. The van der Waals surface area contributed by atoms with Crippen LogP contribution in [0.2, 0.25) is 0 Å². The highest BCUT2D eigenvalue weighted by Gasteiger charge is 2.15. The number of carbonyl (C=O) groups excluding carboxylic acids is 1. The summed E-state index contributed by atoms with van der Waals surface area (Å²) in [5.74, 6) is 0.457. The van der Waals surface area contributed by atoms with Gasteiger partial charge in [-0.25, -0.2) is 4.79 Å². The van der Waals surface area contributed by atoms with Gasteiger partial charge in [0, 0.05) is 6.07 Å². The average molecular weight is 221 g/mol. The first-order chi connectivity index (χ1) is 7.81. The highest BCUT2D eigenvalue weighted by molar-refractivity contribution is 5.88. The van der Waals surface area contributed by atoms with E-state index in [2.05, 4.69) is 5.16 Å². The summed E-state index contributed by atoms with van der Waals surface area (Å²) in [5.41, 5.74) is 0.153. The summed E-state index contributed by atoms with van der Waals surface area (Å²) < 4.78 is 15.0. The molecule has 0 spiro atoms. The van der Waals surface area contributed by atoms with E-state index >= 15 is 0 Å². The quantitative estimate of drug-likeness (QED) is 0.742. The molecule has 0 saturated heterocycles. The summed E-state index contributed by atoms with van der Waals surface area (Å²) in [6, 6.07) is 4.95. The molecule has 0 atom stereocenters. The van der Waals surface area contributed by atoms with Crippen molar-refractivity contribution in [3.05, 3.63) is 30.2 Å². The molecule has 0 unspecified atom stereocenters. The number of ether oxygens (including phenoxy) is 1. The largest absolute Gasteiger partial charge is 0.461 e. The molecule has 2 aromatic heterocycles. The second-order valence-electron chi connectivity index (χ2n) is 3.19. The maximum absolute atomic E-state index is 11.4. The van der Waals surface area contributed by atoms with E-state index in [0.717, 1.165) is 6.42 Å².